The van der Waals surface area contributed by atoms with E-state index >= 15 is 0 Å². The average molecular weight is 166 g/mol. The SMILES string of the molecule is CC(C)[C@@H]1C2CC(C2)[C@@H]1C(C)C. The Hall–Kier alpha value is 0. The van der Waals surface area contributed by atoms with Crippen LogP contribution < -0.4 is 0 Å². The fraction of sp³-hybridized carbons (Fsp3) is 1.00. The summed E-state index contributed by atoms with van der Waals surface area (Å²) in [5, 5.41) is 0. The van der Waals surface area contributed by atoms with Crippen molar-refractivity contribution < 1.29 is 0 Å². The Morgan fingerprint density at radius 2 is 1.08 bits per heavy atom. The Kier molecular flexibility index (Phi) is 1.97. The minimum absolute atomic E-state index is 0.926. The molecule has 0 aromatic rings. The highest BCUT2D eigenvalue weighted by molar-refractivity contribution is 5.02. The molecule has 0 heterocycles. The van der Waals surface area contributed by atoms with Crippen LogP contribution in [0.3, 0.4) is 0 Å². The molecule has 0 unspecified atom stereocenters. The lowest BCUT2D eigenvalue weighted by molar-refractivity contribution is 0.228. The van der Waals surface area contributed by atoms with Crippen LogP contribution in [0.4, 0.5) is 0 Å². The molecular weight excluding hydrogens is 144 g/mol. The molecule has 0 spiro atoms. The highest BCUT2D eigenvalue weighted by Gasteiger charge is 2.53. The zero-order chi connectivity index (χ0) is 8.88. The van der Waals surface area contributed by atoms with E-state index in [4.69, 9.17) is 0 Å². The first-order valence-electron chi connectivity index (χ1n) is 5.61. The summed E-state index contributed by atoms with van der Waals surface area (Å²) in [6.07, 6.45) is 3.12. The van der Waals surface area contributed by atoms with Crippen molar-refractivity contribution in [3.05, 3.63) is 0 Å². The van der Waals surface area contributed by atoms with E-state index < -0.39 is 0 Å². The maximum absolute atomic E-state index is 2.42. The van der Waals surface area contributed by atoms with Crippen LogP contribution in [0.1, 0.15) is 40.5 Å². The van der Waals surface area contributed by atoms with Gasteiger partial charge < -0.3 is 0 Å². The van der Waals surface area contributed by atoms with Crippen LogP contribution in [0, 0.1) is 35.5 Å². The molecule has 3 rings (SSSR count). The second-order valence-corrected chi connectivity index (χ2v) is 5.63. The monoisotopic (exact) mass is 166 g/mol. The van der Waals surface area contributed by atoms with Crippen LogP contribution in [0.25, 0.3) is 0 Å². The number of hydrogen-bond donors (Lipinski definition) is 0. The standard InChI is InChI=1S/C12H22/c1-7(2)11-9-5-10(6-9)12(11)8(3)4/h7-12H,5-6H2,1-4H3/t9?,10?,11-,12+. The topological polar surface area (TPSA) is 0 Å². The van der Waals surface area contributed by atoms with Gasteiger partial charge in [-0.2, -0.15) is 0 Å². The van der Waals surface area contributed by atoms with Gasteiger partial charge in [-0.25, -0.2) is 0 Å². The molecule has 0 aliphatic heterocycles. The zero-order valence-corrected chi connectivity index (χ0v) is 8.88. The van der Waals surface area contributed by atoms with E-state index in [9.17, 15) is 0 Å². The van der Waals surface area contributed by atoms with Gasteiger partial charge in [0.2, 0.25) is 0 Å². The van der Waals surface area contributed by atoms with E-state index in [0.29, 0.717) is 0 Å². The molecule has 3 aliphatic carbocycles. The first kappa shape index (κ1) is 8.59. The molecule has 3 aliphatic rings. The molecule has 0 radical (unpaired) electrons. The van der Waals surface area contributed by atoms with Gasteiger partial charge in [-0.15, -0.1) is 0 Å². The van der Waals surface area contributed by atoms with Crippen LogP contribution in [0.5, 0.6) is 0 Å². The van der Waals surface area contributed by atoms with Crippen molar-refractivity contribution >= 4 is 0 Å². The van der Waals surface area contributed by atoms with Crippen LogP contribution in [0.15, 0.2) is 0 Å². The second kappa shape index (κ2) is 2.75. The van der Waals surface area contributed by atoms with E-state index in [2.05, 4.69) is 27.7 Å². The lowest BCUT2D eigenvalue weighted by Crippen LogP contribution is -2.20. The molecule has 0 amide bonds. The van der Waals surface area contributed by atoms with Crippen LogP contribution in [-0.4, -0.2) is 0 Å². The van der Waals surface area contributed by atoms with E-state index in [1.54, 1.807) is 12.8 Å². The van der Waals surface area contributed by atoms with Gasteiger partial charge in [0.15, 0.2) is 0 Å². The molecular formula is C12H22. The van der Waals surface area contributed by atoms with Crippen LogP contribution in [0.2, 0.25) is 0 Å². The Labute approximate surface area is 76.7 Å². The Balaban J connectivity index is 2.11. The van der Waals surface area contributed by atoms with Gasteiger partial charge in [0.05, 0.1) is 0 Å². The van der Waals surface area contributed by atoms with Gasteiger partial charge in [-0.05, 0) is 48.3 Å². The summed E-state index contributed by atoms with van der Waals surface area (Å²) in [5.41, 5.74) is 0. The van der Waals surface area contributed by atoms with Crippen molar-refractivity contribution in [3.8, 4) is 0 Å². The molecule has 12 heavy (non-hydrogen) atoms. The molecule has 0 aromatic heterocycles. The van der Waals surface area contributed by atoms with Crippen molar-refractivity contribution in [3.63, 3.8) is 0 Å². The maximum Gasteiger partial charge on any atom is -0.0329 e. The van der Waals surface area contributed by atoms with E-state index in [-0.39, 0.29) is 0 Å². The molecule has 2 bridgehead atoms. The fourth-order valence-electron chi connectivity index (χ4n) is 3.94. The van der Waals surface area contributed by atoms with Gasteiger partial charge in [0.25, 0.3) is 0 Å². The second-order valence-electron chi connectivity index (χ2n) is 5.63. The largest absolute Gasteiger partial charge is 0.0625 e. The van der Waals surface area contributed by atoms with Crippen LogP contribution >= 0.6 is 0 Å². The molecule has 70 valence electrons. The molecule has 0 N–H and O–H groups in total. The summed E-state index contributed by atoms with van der Waals surface area (Å²) >= 11 is 0. The highest BCUT2D eigenvalue weighted by Crippen LogP contribution is 2.60. The zero-order valence-electron chi connectivity index (χ0n) is 8.88. The molecule has 0 nitrogen and oxygen atoms in total. The van der Waals surface area contributed by atoms with Gasteiger partial charge in [-0.3, -0.25) is 0 Å². The van der Waals surface area contributed by atoms with Crippen LogP contribution in [-0.2, 0) is 0 Å². The molecule has 2 atom stereocenters. The minimum atomic E-state index is 0.926. The Bertz CT molecular complexity index is 145. The van der Waals surface area contributed by atoms with E-state index in [1.165, 1.54) is 0 Å². The first-order chi connectivity index (χ1) is 5.61. The predicted molar refractivity (Wildman–Crippen MR) is 52.9 cm³/mol. The van der Waals surface area contributed by atoms with Crippen molar-refractivity contribution in [2.24, 2.45) is 35.5 Å². The van der Waals surface area contributed by atoms with Crippen molar-refractivity contribution in [2.45, 2.75) is 40.5 Å². The minimum Gasteiger partial charge on any atom is -0.0625 e. The molecule has 0 heteroatoms. The number of hydrogen-bond acceptors (Lipinski definition) is 0. The van der Waals surface area contributed by atoms with E-state index in [1.807, 2.05) is 0 Å². The molecule has 3 saturated carbocycles. The van der Waals surface area contributed by atoms with Crippen molar-refractivity contribution in [1.82, 2.24) is 0 Å². The maximum atomic E-state index is 2.42. The fourth-order valence-corrected chi connectivity index (χ4v) is 3.94. The van der Waals surface area contributed by atoms with Crippen molar-refractivity contribution in [2.75, 3.05) is 0 Å². The van der Waals surface area contributed by atoms with Gasteiger partial charge in [-0.1, -0.05) is 27.7 Å². The molecule has 0 aromatic carbocycles. The summed E-state index contributed by atoms with van der Waals surface area (Å²) in [6, 6.07) is 0. The third-order valence-corrected chi connectivity index (χ3v) is 4.28. The summed E-state index contributed by atoms with van der Waals surface area (Å²) in [4.78, 5) is 0. The quantitative estimate of drug-likeness (QED) is 0.588. The van der Waals surface area contributed by atoms with Gasteiger partial charge >= 0.3 is 0 Å². The summed E-state index contributed by atoms with van der Waals surface area (Å²) in [5.74, 6) is 6.21. The number of fused-ring (bicyclic) bond motifs is 1. The highest BCUT2D eigenvalue weighted by atomic mass is 14.6. The lowest BCUT2D eigenvalue weighted by atomic mass is 9.80. The molecule has 0 saturated heterocycles. The lowest BCUT2D eigenvalue weighted by Gasteiger charge is -2.25. The first-order valence-corrected chi connectivity index (χ1v) is 5.61. The van der Waals surface area contributed by atoms with Crippen molar-refractivity contribution in [1.29, 1.82) is 0 Å². The molecule has 3 fully saturated rings. The average Bonchev–Trinajstić information content (AvgIpc) is 2.34. The third-order valence-electron chi connectivity index (χ3n) is 4.28. The third kappa shape index (κ3) is 1.03. The Morgan fingerprint density at radius 3 is 1.33 bits per heavy atom. The Morgan fingerprint density at radius 1 is 0.750 bits per heavy atom. The van der Waals surface area contributed by atoms with Gasteiger partial charge in [0, 0.05) is 0 Å². The van der Waals surface area contributed by atoms with E-state index in [0.717, 1.165) is 35.5 Å². The smallest absolute Gasteiger partial charge is 0.0329 e. The number of rotatable bonds is 2. The normalized spacial score (nSPS) is 45.5. The summed E-state index contributed by atoms with van der Waals surface area (Å²) < 4.78 is 0. The summed E-state index contributed by atoms with van der Waals surface area (Å²) in [6.45, 7) is 9.67. The predicted octanol–water partition coefficient (Wildman–Crippen LogP) is 3.57. The van der Waals surface area contributed by atoms with Gasteiger partial charge in [0.1, 0.15) is 0 Å². The summed E-state index contributed by atoms with van der Waals surface area (Å²) in [7, 11) is 0.